The third kappa shape index (κ3) is 2.50. The number of alkyl halides is 1. The predicted octanol–water partition coefficient (Wildman–Crippen LogP) is 3.77. The Balaban J connectivity index is 2.16. The molecule has 1 aliphatic heterocycles. The minimum Gasteiger partial charge on any atom is -0.376 e. The van der Waals surface area contributed by atoms with E-state index in [9.17, 15) is 0 Å². The molecule has 3 nitrogen and oxygen atoms in total. The van der Waals surface area contributed by atoms with Gasteiger partial charge in [0.25, 0.3) is 0 Å². The minimum atomic E-state index is 0.241. The highest BCUT2D eigenvalue weighted by atomic mass is 127. The van der Waals surface area contributed by atoms with Crippen LogP contribution in [-0.2, 0) is 11.2 Å². The number of hydrogen-bond donors (Lipinski definition) is 0. The molecule has 1 aromatic heterocycles. The maximum atomic E-state index is 5.92. The smallest absolute Gasteiger partial charge is 0.111 e. The van der Waals surface area contributed by atoms with E-state index in [0.29, 0.717) is 11.9 Å². The van der Waals surface area contributed by atoms with E-state index in [0.717, 1.165) is 30.8 Å². The lowest BCUT2D eigenvalue weighted by molar-refractivity contribution is 0.108. The third-order valence-electron chi connectivity index (χ3n) is 3.71. The zero-order valence-corrected chi connectivity index (χ0v) is 13.7. The highest BCUT2D eigenvalue weighted by Gasteiger charge is 2.29. The molecule has 1 aliphatic rings. The second-order valence-corrected chi connectivity index (χ2v) is 6.53. The van der Waals surface area contributed by atoms with E-state index in [4.69, 9.17) is 21.3 Å². The summed E-state index contributed by atoms with van der Waals surface area (Å²) in [4.78, 5) is 4.76. The number of aromatic nitrogens is 2. The van der Waals surface area contributed by atoms with Gasteiger partial charge in [-0.05, 0) is 54.1 Å². The first kappa shape index (κ1) is 13.6. The van der Waals surface area contributed by atoms with Crippen molar-refractivity contribution in [2.24, 2.45) is 0 Å². The van der Waals surface area contributed by atoms with Gasteiger partial charge in [-0.15, -0.1) is 11.6 Å². The lowest BCUT2D eigenvalue weighted by atomic mass is 10.1. The SMILES string of the molecule is CC1OCCC1n1c(CCCl)nc2cc(I)ccc21. The summed E-state index contributed by atoms with van der Waals surface area (Å²) < 4.78 is 9.26. The van der Waals surface area contributed by atoms with Gasteiger partial charge in [0, 0.05) is 22.5 Å². The van der Waals surface area contributed by atoms with Gasteiger partial charge in [0.2, 0.25) is 0 Å². The zero-order chi connectivity index (χ0) is 13.4. The lowest BCUT2D eigenvalue weighted by Gasteiger charge is -2.19. The predicted molar refractivity (Wildman–Crippen MR) is 85.9 cm³/mol. The lowest BCUT2D eigenvalue weighted by Crippen LogP contribution is -2.19. The minimum absolute atomic E-state index is 0.241. The van der Waals surface area contributed by atoms with Crippen LogP contribution in [0.5, 0.6) is 0 Å². The highest BCUT2D eigenvalue weighted by Crippen LogP contribution is 2.31. The van der Waals surface area contributed by atoms with Gasteiger partial charge in [0.05, 0.1) is 23.2 Å². The Kier molecular flexibility index (Phi) is 4.01. The number of ether oxygens (including phenoxy) is 1. The number of rotatable bonds is 3. The first-order valence-corrected chi connectivity index (χ1v) is 8.16. The Morgan fingerprint density at radius 3 is 3.05 bits per heavy atom. The monoisotopic (exact) mass is 390 g/mol. The molecule has 1 saturated heterocycles. The van der Waals surface area contributed by atoms with Gasteiger partial charge in [-0.2, -0.15) is 0 Å². The van der Waals surface area contributed by atoms with Gasteiger partial charge >= 0.3 is 0 Å². The molecule has 1 aromatic carbocycles. The van der Waals surface area contributed by atoms with Crippen molar-refractivity contribution < 1.29 is 4.74 Å². The number of benzene rings is 1. The van der Waals surface area contributed by atoms with Crippen molar-refractivity contribution in [1.82, 2.24) is 9.55 Å². The molecule has 0 aliphatic carbocycles. The molecule has 0 saturated carbocycles. The van der Waals surface area contributed by atoms with Gasteiger partial charge in [-0.25, -0.2) is 4.98 Å². The molecule has 3 rings (SSSR count). The van der Waals surface area contributed by atoms with Gasteiger partial charge in [-0.1, -0.05) is 0 Å². The van der Waals surface area contributed by atoms with Gasteiger partial charge in [0.1, 0.15) is 5.82 Å². The molecule has 102 valence electrons. The van der Waals surface area contributed by atoms with E-state index in [1.54, 1.807) is 0 Å². The van der Waals surface area contributed by atoms with Crippen molar-refractivity contribution in [3.8, 4) is 0 Å². The van der Waals surface area contributed by atoms with Crippen LogP contribution in [0.1, 0.15) is 25.2 Å². The van der Waals surface area contributed by atoms with E-state index in [-0.39, 0.29) is 6.10 Å². The van der Waals surface area contributed by atoms with Crippen LogP contribution in [0, 0.1) is 3.57 Å². The quantitative estimate of drug-likeness (QED) is 0.589. The summed E-state index contributed by atoms with van der Waals surface area (Å²) in [6.07, 6.45) is 2.09. The Bertz CT molecular complexity index is 598. The van der Waals surface area contributed by atoms with Crippen molar-refractivity contribution >= 4 is 45.2 Å². The standard InChI is InChI=1S/C14H16ClIN2O/c1-9-12(5-7-19-9)18-13-3-2-10(16)8-11(13)17-14(18)4-6-15/h2-3,8-9,12H,4-7H2,1H3. The van der Waals surface area contributed by atoms with Crippen LogP contribution in [0.3, 0.4) is 0 Å². The van der Waals surface area contributed by atoms with E-state index in [1.807, 2.05) is 0 Å². The van der Waals surface area contributed by atoms with Crippen LogP contribution in [0.4, 0.5) is 0 Å². The molecule has 2 unspecified atom stereocenters. The van der Waals surface area contributed by atoms with Crippen molar-refractivity contribution in [2.45, 2.75) is 31.9 Å². The molecule has 0 bridgehead atoms. The number of halogens is 2. The molecule has 5 heteroatoms. The highest BCUT2D eigenvalue weighted by molar-refractivity contribution is 14.1. The summed E-state index contributed by atoms with van der Waals surface area (Å²) in [6.45, 7) is 2.97. The summed E-state index contributed by atoms with van der Waals surface area (Å²) in [6, 6.07) is 6.80. The molecule has 2 atom stereocenters. The van der Waals surface area contributed by atoms with Crippen molar-refractivity contribution in [1.29, 1.82) is 0 Å². The first-order valence-electron chi connectivity index (χ1n) is 6.54. The second-order valence-electron chi connectivity index (χ2n) is 4.90. The number of hydrogen-bond acceptors (Lipinski definition) is 2. The average Bonchev–Trinajstić information content (AvgIpc) is 2.92. The second kappa shape index (κ2) is 5.58. The van der Waals surface area contributed by atoms with E-state index in [2.05, 4.69) is 52.3 Å². The molecule has 0 radical (unpaired) electrons. The van der Waals surface area contributed by atoms with Crippen LogP contribution in [0.15, 0.2) is 18.2 Å². The first-order chi connectivity index (χ1) is 9.20. The molecular weight excluding hydrogens is 375 g/mol. The Morgan fingerprint density at radius 1 is 1.53 bits per heavy atom. The van der Waals surface area contributed by atoms with Crippen LogP contribution in [0.25, 0.3) is 11.0 Å². The summed E-state index contributed by atoms with van der Waals surface area (Å²) in [7, 11) is 0. The third-order valence-corrected chi connectivity index (χ3v) is 4.57. The summed E-state index contributed by atoms with van der Waals surface area (Å²) in [5, 5.41) is 0. The molecule has 19 heavy (non-hydrogen) atoms. The van der Waals surface area contributed by atoms with Gasteiger partial charge in [-0.3, -0.25) is 0 Å². The van der Waals surface area contributed by atoms with Crippen molar-refractivity contribution in [3.05, 3.63) is 27.6 Å². The summed E-state index contributed by atoms with van der Waals surface area (Å²) in [5.41, 5.74) is 2.26. The van der Waals surface area contributed by atoms with Crippen LogP contribution in [-0.4, -0.2) is 28.1 Å². The fourth-order valence-corrected chi connectivity index (χ4v) is 3.46. The molecule has 2 aromatic rings. The fourth-order valence-electron chi connectivity index (χ4n) is 2.81. The Hall–Kier alpha value is -0.330. The molecule has 0 amide bonds. The van der Waals surface area contributed by atoms with Gasteiger partial charge in [0.15, 0.2) is 0 Å². The van der Waals surface area contributed by atoms with Crippen LogP contribution < -0.4 is 0 Å². The number of imidazole rings is 1. The van der Waals surface area contributed by atoms with Crippen molar-refractivity contribution in [3.63, 3.8) is 0 Å². The van der Waals surface area contributed by atoms with Crippen molar-refractivity contribution in [2.75, 3.05) is 12.5 Å². The normalized spacial score (nSPS) is 23.3. The van der Waals surface area contributed by atoms with Crippen LogP contribution >= 0.6 is 34.2 Å². The number of aryl methyl sites for hydroxylation is 1. The topological polar surface area (TPSA) is 27.1 Å². The molecule has 0 spiro atoms. The zero-order valence-electron chi connectivity index (χ0n) is 10.8. The number of nitrogens with zero attached hydrogens (tertiary/aromatic N) is 2. The largest absolute Gasteiger partial charge is 0.376 e. The summed E-state index contributed by atoms with van der Waals surface area (Å²) in [5.74, 6) is 1.68. The Labute approximate surface area is 131 Å². The average molecular weight is 391 g/mol. The maximum Gasteiger partial charge on any atom is 0.111 e. The van der Waals surface area contributed by atoms with Gasteiger partial charge < -0.3 is 9.30 Å². The van der Waals surface area contributed by atoms with E-state index >= 15 is 0 Å². The van der Waals surface area contributed by atoms with Crippen LogP contribution in [0.2, 0.25) is 0 Å². The molecule has 2 heterocycles. The van der Waals surface area contributed by atoms with E-state index in [1.165, 1.54) is 9.09 Å². The molecule has 1 fully saturated rings. The Morgan fingerprint density at radius 2 is 2.37 bits per heavy atom. The molecule has 0 N–H and O–H groups in total. The molecular formula is C14H16ClIN2O. The van der Waals surface area contributed by atoms with E-state index < -0.39 is 0 Å². The number of fused-ring (bicyclic) bond motifs is 1. The fraction of sp³-hybridized carbons (Fsp3) is 0.500. The maximum absolute atomic E-state index is 5.92. The summed E-state index contributed by atoms with van der Waals surface area (Å²) >= 11 is 8.25.